The number of hydrogen-bond donors (Lipinski definition) is 2. The number of urea groups is 1. The second kappa shape index (κ2) is 8.85. The molecule has 1 saturated heterocycles. The quantitative estimate of drug-likeness (QED) is 0.546. The first kappa shape index (κ1) is 21.8. The van der Waals surface area contributed by atoms with E-state index in [1.807, 2.05) is 19.1 Å². The monoisotopic (exact) mass is 415 g/mol. The third-order valence-electron chi connectivity index (χ3n) is 6.01. The summed E-state index contributed by atoms with van der Waals surface area (Å²) in [6.45, 7) is 4.65. The summed E-state index contributed by atoms with van der Waals surface area (Å²) < 4.78 is 5.00. The van der Waals surface area contributed by atoms with Gasteiger partial charge in [-0.3, -0.25) is 19.3 Å². The molecule has 0 radical (unpaired) electrons. The van der Waals surface area contributed by atoms with E-state index in [-0.39, 0.29) is 11.9 Å². The normalized spacial score (nSPS) is 26.3. The van der Waals surface area contributed by atoms with E-state index in [0.717, 1.165) is 36.1 Å². The van der Waals surface area contributed by atoms with Crippen LogP contribution in [0.4, 0.5) is 4.79 Å². The van der Waals surface area contributed by atoms with Gasteiger partial charge >= 0.3 is 12.0 Å². The minimum atomic E-state index is -1.25. The van der Waals surface area contributed by atoms with Crippen LogP contribution in [0.3, 0.4) is 0 Å². The fourth-order valence-corrected chi connectivity index (χ4v) is 4.02. The summed E-state index contributed by atoms with van der Waals surface area (Å²) in [5.41, 5.74) is 0.406. The number of esters is 1. The lowest BCUT2D eigenvalue weighted by Crippen LogP contribution is -2.44. The SMILES string of the molecule is Cc1ccc([C@]2(C)NC(=O)N(CC(=O)OCC(=O)N[C@@H]3CCCC[C@@H]3C)C2=O)cc1. The maximum absolute atomic E-state index is 12.9. The van der Waals surface area contributed by atoms with E-state index in [0.29, 0.717) is 11.5 Å². The molecule has 3 atom stereocenters. The van der Waals surface area contributed by atoms with E-state index < -0.39 is 36.6 Å². The van der Waals surface area contributed by atoms with Gasteiger partial charge in [-0.25, -0.2) is 4.79 Å². The number of aryl methyl sites for hydroxylation is 1. The molecule has 0 spiro atoms. The topological polar surface area (TPSA) is 105 Å². The molecule has 8 heteroatoms. The number of amides is 4. The van der Waals surface area contributed by atoms with Crippen LogP contribution in [-0.2, 0) is 24.7 Å². The highest BCUT2D eigenvalue weighted by Crippen LogP contribution is 2.29. The van der Waals surface area contributed by atoms with Gasteiger partial charge in [0.15, 0.2) is 6.61 Å². The molecule has 0 bridgehead atoms. The van der Waals surface area contributed by atoms with Gasteiger partial charge in [-0.1, -0.05) is 49.6 Å². The third kappa shape index (κ3) is 4.63. The van der Waals surface area contributed by atoms with Crippen LogP contribution >= 0.6 is 0 Å². The molecule has 1 aromatic carbocycles. The van der Waals surface area contributed by atoms with Crippen LogP contribution in [-0.4, -0.2) is 47.9 Å². The molecule has 1 aromatic rings. The van der Waals surface area contributed by atoms with Crippen molar-refractivity contribution in [1.82, 2.24) is 15.5 Å². The van der Waals surface area contributed by atoms with E-state index in [1.165, 1.54) is 0 Å². The number of imide groups is 1. The molecule has 2 fully saturated rings. The van der Waals surface area contributed by atoms with Crippen LogP contribution in [0.1, 0.15) is 50.7 Å². The Balaban J connectivity index is 1.53. The lowest BCUT2D eigenvalue weighted by atomic mass is 9.86. The van der Waals surface area contributed by atoms with Crippen molar-refractivity contribution < 1.29 is 23.9 Å². The number of benzene rings is 1. The second-order valence-electron chi connectivity index (χ2n) is 8.41. The molecule has 0 aromatic heterocycles. The Labute approximate surface area is 176 Å². The number of hydrogen-bond acceptors (Lipinski definition) is 5. The molecule has 4 amide bonds. The minimum Gasteiger partial charge on any atom is -0.454 e. The van der Waals surface area contributed by atoms with Crippen molar-refractivity contribution in [2.24, 2.45) is 5.92 Å². The first-order chi connectivity index (χ1) is 14.2. The van der Waals surface area contributed by atoms with E-state index in [9.17, 15) is 19.2 Å². The van der Waals surface area contributed by atoms with Gasteiger partial charge in [-0.2, -0.15) is 0 Å². The van der Waals surface area contributed by atoms with Crippen LogP contribution in [0.15, 0.2) is 24.3 Å². The van der Waals surface area contributed by atoms with Gasteiger partial charge in [0.05, 0.1) is 0 Å². The minimum absolute atomic E-state index is 0.0890. The van der Waals surface area contributed by atoms with Gasteiger partial charge < -0.3 is 15.4 Å². The zero-order valence-electron chi connectivity index (χ0n) is 17.7. The third-order valence-corrected chi connectivity index (χ3v) is 6.01. The largest absolute Gasteiger partial charge is 0.454 e. The van der Waals surface area contributed by atoms with Crippen LogP contribution in [0.5, 0.6) is 0 Å². The van der Waals surface area contributed by atoms with Gasteiger partial charge in [0, 0.05) is 6.04 Å². The number of ether oxygens (including phenoxy) is 1. The summed E-state index contributed by atoms with van der Waals surface area (Å²) in [7, 11) is 0. The van der Waals surface area contributed by atoms with Gasteiger partial charge in [-0.05, 0) is 38.2 Å². The van der Waals surface area contributed by atoms with Crippen molar-refractivity contribution >= 4 is 23.8 Å². The molecule has 162 valence electrons. The second-order valence-corrected chi connectivity index (χ2v) is 8.41. The zero-order valence-corrected chi connectivity index (χ0v) is 17.7. The molecule has 0 unspecified atom stereocenters. The highest BCUT2D eigenvalue weighted by molar-refractivity contribution is 6.08. The molecule has 8 nitrogen and oxygen atoms in total. The van der Waals surface area contributed by atoms with Crippen LogP contribution < -0.4 is 10.6 Å². The van der Waals surface area contributed by atoms with E-state index in [2.05, 4.69) is 17.6 Å². The summed E-state index contributed by atoms with van der Waals surface area (Å²) in [5.74, 6) is -1.32. The molecule has 1 aliphatic heterocycles. The van der Waals surface area contributed by atoms with Gasteiger partial charge in [-0.15, -0.1) is 0 Å². The first-order valence-corrected chi connectivity index (χ1v) is 10.4. The number of carbonyl (C=O) groups is 4. The maximum atomic E-state index is 12.9. The van der Waals surface area contributed by atoms with E-state index >= 15 is 0 Å². The standard InChI is InChI=1S/C22H29N3O5/c1-14-8-10-16(11-9-14)22(3)20(28)25(21(29)24-22)12-19(27)30-13-18(26)23-17-7-5-4-6-15(17)2/h8-11,15,17H,4-7,12-13H2,1-3H3,(H,23,26)(H,24,29)/t15-,17+,22-/m0/s1. The Bertz CT molecular complexity index is 838. The lowest BCUT2D eigenvalue weighted by Gasteiger charge is -2.29. The van der Waals surface area contributed by atoms with Gasteiger partial charge in [0.25, 0.3) is 11.8 Å². The van der Waals surface area contributed by atoms with Crippen molar-refractivity contribution in [1.29, 1.82) is 0 Å². The molecule has 30 heavy (non-hydrogen) atoms. The van der Waals surface area contributed by atoms with Crippen molar-refractivity contribution in [3.8, 4) is 0 Å². The smallest absolute Gasteiger partial charge is 0.326 e. The molecule has 2 aliphatic rings. The Morgan fingerprint density at radius 2 is 1.87 bits per heavy atom. The van der Waals surface area contributed by atoms with Crippen molar-refractivity contribution in [3.05, 3.63) is 35.4 Å². The Hall–Kier alpha value is -2.90. The molecule has 2 N–H and O–H groups in total. The molecular formula is C22H29N3O5. The number of nitrogens with one attached hydrogen (secondary N) is 2. The van der Waals surface area contributed by atoms with Gasteiger partial charge in [0.2, 0.25) is 0 Å². The molecule has 1 heterocycles. The van der Waals surface area contributed by atoms with Gasteiger partial charge in [0.1, 0.15) is 12.1 Å². The summed E-state index contributed by atoms with van der Waals surface area (Å²) in [6, 6.07) is 6.66. The van der Waals surface area contributed by atoms with Crippen LogP contribution in [0.2, 0.25) is 0 Å². The predicted octanol–water partition coefficient (Wildman–Crippen LogP) is 2.00. The number of carbonyl (C=O) groups excluding carboxylic acids is 4. The Kier molecular flexibility index (Phi) is 6.43. The fourth-order valence-electron chi connectivity index (χ4n) is 4.02. The van der Waals surface area contributed by atoms with Crippen molar-refractivity contribution in [3.63, 3.8) is 0 Å². The van der Waals surface area contributed by atoms with Crippen LogP contribution in [0.25, 0.3) is 0 Å². The summed E-state index contributed by atoms with van der Waals surface area (Å²) in [6.07, 6.45) is 4.22. The predicted molar refractivity (Wildman–Crippen MR) is 109 cm³/mol. The summed E-state index contributed by atoms with van der Waals surface area (Å²) in [5, 5.41) is 5.54. The molecule has 3 rings (SSSR count). The zero-order chi connectivity index (χ0) is 21.9. The van der Waals surface area contributed by atoms with E-state index in [1.54, 1.807) is 19.1 Å². The average molecular weight is 415 g/mol. The molecule has 1 saturated carbocycles. The summed E-state index contributed by atoms with van der Waals surface area (Å²) in [4.78, 5) is 50.3. The molecular weight excluding hydrogens is 386 g/mol. The fraction of sp³-hybridized carbons (Fsp3) is 0.545. The van der Waals surface area contributed by atoms with Crippen molar-refractivity contribution in [2.75, 3.05) is 13.2 Å². The first-order valence-electron chi connectivity index (χ1n) is 10.4. The number of nitrogens with zero attached hydrogens (tertiary/aromatic N) is 1. The summed E-state index contributed by atoms with van der Waals surface area (Å²) >= 11 is 0. The number of rotatable bonds is 6. The maximum Gasteiger partial charge on any atom is 0.326 e. The highest BCUT2D eigenvalue weighted by atomic mass is 16.5. The Morgan fingerprint density at radius 3 is 2.53 bits per heavy atom. The Morgan fingerprint density at radius 1 is 1.20 bits per heavy atom. The van der Waals surface area contributed by atoms with Crippen molar-refractivity contribution in [2.45, 2.75) is 58.0 Å². The average Bonchev–Trinajstić information content (AvgIpc) is 2.92. The van der Waals surface area contributed by atoms with Crippen LogP contribution in [0, 0.1) is 12.8 Å². The molecule has 1 aliphatic carbocycles. The highest BCUT2D eigenvalue weighted by Gasteiger charge is 2.49. The lowest BCUT2D eigenvalue weighted by molar-refractivity contribution is -0.151. The van der Waals surface area contributed by atoms with E-state index in [4.69, 9.17) is 4.74 Å².